The summed E-state index contributed by atoms with van der Waals surface area (Å²) < 4.78 is 7.04. The average Bonchev–Trinajstić information content (AvgIpc) is 3.30. The molecule has 1 aromatic carbocycles. The topological polar surface area (TPSA) is 102 Å². The van der Waals surface area contributed by atoms with Gasteiger partial charge in [0, 0.05) is 11.4 Å². The average molecular weight is 412 g/mol. The number of ether oxygens (including phenoxy) is 1. The molecule has 1 aliphatic carbocycles. The SMILES string of the molecule is Cc1nn(-c2ccccc2)c2sc(C(=O)OC(C)C(=O)NC(=O)NC3CC3)cc12. The number of urea groups is 1. The smallest absolute Gasteiger partial charge is 0.349 e. The molecule has 0 bridgehead atoms. The number of carbonyl (C=O) groups is 3. The van der Waals surface area contributed by atoms with Crippen LogP contribution < -0.4 is 10.6 Å². The molecular weight excluding hydrogens is 392 g/mol. The monoisotopic (exact) mass is 412 g/mol. The fourth-order valence-electron chi connectivity index (χ4n) is 2.83. The molecule has 9 heteroatoms. The van der Waals surface area contributed by atoms with Crippen molar-refractivity contribution < 1.29 is 19.1 Å². The van der Waals surface area contributed by atoms with Crippen molar-refractivity contribution in [1.82, 2.24) is 20.4 Å². The number of hydrogen-bond acceptors (Lipinski definition) is 6. The highest BCUT2D eigenvalue weighted by Gasteiger charge is 2.27. The van der Waals surface area contributed by atoms with Gasteiger partial charge in [-0.25, -0.2) is 14.3 Å². The van der Waals surface area contributed by atoms with E-state index in [2.05, 4.69) is 15.7 Å². The van der Waals surface area contributed by atoms with Crippen molar-refractivity contribution in [3.8, 4) is 5.69 Å². The number of aromatic nitrogens is 2. The lowest BCUT2D eigenvalue weighted by molar-refractivity contribution is -0.127. The zero-order valence-corrected chi connectivity index (χ0v) is 16.8. The first-order valence-corrected chi connectivity index (χ1v) is 10.1. The van der Waals surface area contributed by atoms with Gasteiger partial charge in [-0.15, -0.1) is 11.3 Å². The van der Waals surface area contributed by atoms with E-state index in [9.17, 15) is 14.4 Å². The summed E-state index contributed by atoms with van der Waals surface area (Å²) in [5.74, 6) is -1.28. The zero-order chi connectivity index (χ0) is 20.5. The number of fused-ring (bicyclic) bond motifs is 1. The van der Waals surface area contributed by atoms with Gasteiger partial charge in [0.2, 0.25) is 0 Å². The number of thiophene rings is 1. The standard InChI is InChI=1S/C20H20N4O4S/c1-11-15-10-16(29-18(15)24(23-11)14-6-4-3-5-7-14)19(26)28-12(2)17(25)22-20(27)21-13-8-9-13/h3-7,10,12-13H,8-9H2,1-2H3,(H2,21,22,25,27). The van der Waals surface area contributed by atoms with Crippen LogP contribution in [0.15, 0.2) is 36.4 Å². The minimum Gasteiger partial charge on any atom is -0.448 e. The van der Waals surface area contributed by atoms with Gasteiger partial charge in [0.1, 0.15) is 9.71 Å². The van der Waals surface area contributed by atoms with Gasteiger partial charge >= 0.3 is 12.0 Å². The highest BCUT2D eigenvalue weighted by Crippen LogP contribution is 2.31. The molecule has 0 aliphatic heterocycles. The molecule has 2 heterocycles. The van der Waals surface area contributed by atoms with Gasteiger partial charge in [0.15, 0.2) is 6.10 Å². The number of imide groups is 1. The second kappa shape index (κ2) is 7.67. The molecule has 29 heavy (non-hydrogen) atoms. The molecule has 1 unspecified atom stereocenters. The Morgan fingerprint density at radius 2 is 1.97 bits per heavy atom. The maximum Gasteiger partial charge on any atom is 0.349 e. The van der Waals surface area contributed by atoms with Crippen molar-refractivity contribution >= 4 is 39.5 Å². The third-order valence-electron chi connectivity index (χ3n) is 4.55. The molecule has 3 aromatic rings. The third kappa shape index (κ3) is 4.14. The molecule has 1 saturated carbocycles. The molecule has 0 saturated heterocycles. The molecule has 0 radical (unpaired) electrons. The molecule has 150 valence electrons. The van der Waals surface area contributed by atoms with Crippen molar-refractivity contribution in [3.05, 3.63) is 47.0 Å². The summed E-state index contributed by atoms with van der Waals surface area (Å²) in [4.78, 5) is 37.5. The number of esters is 1. The van der Waals surface area contributed by atoms with Crippen LogP contribution >= 0.6 is 11.3 Å². The number of nitrogens with zero attached hydrogens (tertiary/aromatic N) is 2. The fourth-order valence-corrected chi connectivity index (χ4v) is 3.89. The molecule has 1 aliphatic rings. The van der Waals surface area contributed by atoms with E-state index in [0.29, 0.717) is 4.88 Å². The number of amides is 3. The first-order chi connectivity index (χ1) is 13.9. The van der Waals surface area contributed by atoms with Crippen LogP contribution in [0.3, 0.4) is 0 Å². The maximum atomic E-state index is 12.5. The van der Waals surface area contributed by atoms with E-state index < -0.39 is 24.0 Å². The first-order valence-electron chi connectivity index (χ1n) is 9.29. The van der Waals surface area contributed by atoms with Gasteiger partial charge in [-0.1, -0.05) is 18.2 Å². The van der Waals surface area contributed by atoms with Crippen LogP contribution in [0.1, 0.15) is 35.1 Å². The predicted molar refractivity (Wildman–Crippen MR) is 108 cm³/mol. The predicted octanol–water partition coefficient (Wildman–Crippen LogP) is 2.93. The van der Waals surface area contributed by atoms with Crippen LogP contribution in [0.5, 0.6) is 0 Å². The molecule has 1 fully saturated rings. The van der Waals surface area contributed by atoms with E-state index in [-0.39, 0.29) is 6.04 Å². The molecule has 2 N–H and O–H groups in total. The first kappa shape index (κ1) is 19.1. The number of nitrogens with one attached hydrogen (secondary N) is 2. The summed E-state index contributed by atoms with van der Waals surface area (Å²) in [6, 6.07) is 10.9. The lowest BCUT2D eigenvalue weighted by Crippen LogP contribution is -2.45. The van der Waals surface area contributed by atoms with Crippen molar-refractivity contribution in [3.63, 3.8) is 0 Å². The Labute approximate surface area is 170 Å². The molecule has 2 aromatic heterocycles. The van der Waals surface area contributed by atoms with E-state index in [4.69, 9.17) is 4.74 Å². The Hall–Kier alpha value is -3.20. The minimum absolute atomic E-state index is 0.131. The van der Waals surface area contributed by atoms with Crippen molar-refractivity contribution in [2.45, 2.75) is 38.8 Å². The van der Waals surface area contributed by atoms with Crippen molar-refractivity contribution in [2.75, 3.05) is 0 Å². The Balaban J connectivity index is 1.47. The van der Waals surface area contributed by atoms with Gasteiger partial charge in [0.25, 0.3) is 5.91 Å². The van der Waals surface area contributed by atoms with E-state index in [1.54, 1.807) is 10.7 Å². The molecule has 4 rings (SSSR count). The number of carbonyl (C=O) groups excluding carboxylic acids is 3. The Kier molecular flexibility index (Phi) is 5.06. The van der Waals surface area contributed by atoms with Crippen LogP contribution in [0.25, 0.3) is 15.9 Å². The van der Waals surface area contributed by atoms with Crippen LogP contribution in [-0.4, -0.2) is 39.8 Å². The quantitative estimate of drug-likeness (QED) is 0.628. The highest BCUT2D eigenvalue weighted by atomic mass is 32.1. The Bertz CT molecular complexity index is 1080. The number of hydrogen-bond donors (Lipinski definition) is 2. The lowest BCUT2D eigenvalue weighted by Gasteiger charge is -2.12. The van der Waals surface area contributed by atoms with Gasteiger partial charge in [0.05, 0.1) is 11.4 Å². The van der Waals surface area contributed by atoms with Crippen LogP contribution in [0.2, 0.25) is 0 Å². The largest absolute Gasteiger partial charge is 0.448 e. The van der Waals surface area contributed by atoms with E-state index in [0.717, 1.165) is 34.4 Å². The molecule has 8 nitrogen and oxygen atoms in total. The molecular formula is C20H20N4O4S. The second-order valence-corrected chi connectivity index (χ2v) is 7.98. The molecule has 3 amide bonds. The van der Waals surface area contributed by atoms with E-state index >= 15 is 0 Å². The number of aryl methyl sites for hydroxylation is 1. The normalized spacial score (nSPS) is 14.4. The minimum atomic E-state index is -1.09. The van der Waals surface area contributed by atoms with Crippen LogP contribution in [0.4, 0.5) is 4.79 Å². The number of para-hydroxylation sites is 1. The maximum absolute atomic E-state index is 12.5. The van der Waals surface area contributed by atoms with Gasteiger partial charge in [-0.3, -0.25) is 10.1 Å². The summed E-state index contributed by atoms with van der Waals surface area (Å²) in [6.45, 7) is 3.31. The summed E-state index contributed by atoms with van der Waals surface area (Å²) in [5, 5.41) is 10.2. The van der Waals surface area contributed by atoms with Crippen molar-refractivity contribution in [2.24, 2.45) is 0 Å². The highest BCUT2D eigenvalue weighted by molar-refractivity contribution is 7.20. The van der Waals surface area contributed by atoms with Crippen molar-refractivity contribution in [1.29, 1.82) is 0 Å². The summed E-state index contributed by atoms with van der Waals surface area (Å²) >= 11 is 1.25. The number of benzene rings is 1. The van der Waals surface area contributed by atoms with Crippen LogP contribution in [-0.2, 0) is 9.53 Å². The summed E-state index contributed by atoms with van der Waals surface area (Å²) in [5.41, 5.74) is 1.68. The summed E-state index contributed by atoms with van der Waals surface area (Å²) in [6.07, 6.45) is 0.736. The van der Waals surface area contributed by atoms with Gasteiger partial charge in [-0.05, 0) is 44.9 Å². The Morgan fingerprint density at radius 3 is 2.66 bits per heavy atom. The lowest BCUT2D eigenvalue weighted by atomic mass is 10.3. The summed E-state index contributed by atoms with van der Waals surface area (Å²) in [7, 11) is 0. The second-order valence-electron chi connectivity index (χ2n) is 6.95. The van der Waals surface area contributed by atoms with Crippen LogP contribution in [0, 0.1) is 6.92 Å². The van der Waals surface area contributed by atoms with Gasteiger partial charge < -0.3 is 10.1 Å². The third-order valence-corrected chi connectivity index (χ3v) is 5.64. The molecule has 1 atom stereocenters. The van der Waals surface area contributed by atoms with E-state index in [1.807, 2.05) is 37.3 Å². The Morgan fingerprint density at radius 1 is 1.24 bits per heavy atom. The van der Waals surface area contributed by atoms with E-state index in [1.165, 1.54) is 18.3 Å². The molecule has 0 spiro atoms. The number of rotatable bonds is 5. The fraction of sp³-hybridized carbons (Fsp3) is 0.300. The van der Waals surface area contributed by atoms with Gasteiger partial charge in [-0.2, -0.15) is 5.10 Å². The zero-order valence-electron chi connectivity index (χ0n) is 16.0.